The number of pyridine rings is 1. The molecule has 1 fully saturated rings. The van der Waals surface area contributed by atoms with E-state index in [9.17, 15) is 4.79 Å². The Labute approximate surface area is 235 Å². The lowest BCUT2D eigenvalue weighted by Gasteiger charge is -2.32. The Balaban J connectivity index is 1.21. The number of hydrogen-bond acceptors (Lipinski definition) is 5. The molecule has 6 rings (SSSR count). The second-order valence-electron chi connectivity index (χ2n) is 11.4. The Hall–Kier alpha value is -3.94. The van der Waals surface area contributed by atoms with Gasteiger partial charge in [0.25, 0.3) is 0 Å². The van der Waals surface area contributed by atoms with E-state index in [1.807, 2.05) is 88.5 Å². The van der Waals surface area contributed by atoms with Crippen molar-refractivity contribution in [3.8, 4) is 11.1 Å². The van der Waals surface area contributed by atoms with E-state index >= 15 is 0 Å². The third kappa shape index (κ3) is 4.80. The zero-order valence-electron chi connectivity index (χ0n) is 23.3. The topological polar surface area (TPSA) is 69.7 Å². The van der Waals surface area contributed by atoms with Crippen LogP contribution in [0, 0.1) is 0 Å². The van der Waals surface area contributed by atoms with Crippen molar-refractivity contribution in [2.24, 2.45) is 0 Å². The first-order valence-corrected chi connectivity index (χ1v) is 13.7. The first-order chi connectivity index (χ1) is 19.2. The van der Waals surface area contributed by atoms with Gasteiger partial charge in [-0.1, -0.05) is 72.8 Å². The van der Waals surface area contributed by atoms with Crippen molar-refractivity contribution in [2.45, 2.75) is 44.8 Å². The number of hydrogen-bond donors (Lipinski definition) is 1. The molecule has 2 heterocycles. The predicted molar refractivity (Wildman–Crippen MR) is 159 cm³/mol. The van der Waals surface area contributed by atoms with Crippen LogP contribution < -0.4 is 5.32 Å². The number of rotatable bonds is 6. The lowest BCUT2D eigenvalue weighted by Crippen LogP contribution is -2.41. The summed E-state index contributed by atoms with van der Waals surface area (Å²) in [6, 6.07) is 24.7. The third-order valence-corrected chi connectivity index (χ3v) is 8.39. The molecule has 4 aromatic rings. The van der Waals surface area contributed by atoms with Crippen LogP contribution in [0.25, 0.3) is 28.0 Å². The minimum atomic E-state index is -0.615. The quantitative estimate of drug-likeness (QED) is 0.277. The number of ether oxygens (including phenoxy) is 1. The van der Waals surface area contributed by atoms with E-state index in [2.05, 4.69) is 34.6 Å². The average molecular weight is 532 g/mol. The van der Waals surface area contributed by atoms with E-state index in [0.29, 0.717) is 0 Å². The molecule has 1 aliphatic carbocycles. The molecule has 2 aliphatic rings. The summed E-state index contributed by atoms with van der Waals surface area (Å²) in [7, 11) is -0.615. The molecule has 1 aromatic heterocycles. The summed E-state index contributed by atoms with van der Waals surface area (Å²) < 4.78 is 18.5. The maximum Gasteiger partial charge on any atom is 0.492 e. The Morgan fingerprint density at radius 3 is 2.25 bits per heavy atom. The van der Waals surface area contributed by atoms with Gasteiger partial charge in [-0.15, -0.1) is 0 Å². The van der Waals surface area contributed by atoms with Crippen molar-refractivity contribution in [3.63, 3.8) is 0 Å². The van der Waals surface area contributed by atoms with Crippen LogP contribution in [0.2, 0.25) is 0 Å². The number of aromatic nitrogens is 1. The molecular weight excluding hydrogens is 499 g/mol. The van der Waals surface area contributed by atoms with Gasteiger partial charge >= 0.3 is 13.2 Å². The highest BCUT2D eigenvalue weighted by Gasteiger charge is 2.52. The second kappa shape index (κ2) is 10.2. The number of carbonyl (C=O) groups is 1. The van der Waals surface area contributed by atoms with Gasteiger partial charge in [-0.3, -0.25) is 4.98 Å². The Bertz CT molecular complexity index is 1550. The maximum absolute atomic E-state index is 13.0. The molecule has 3 aromatic carbocycles. The first kappa shape index (κ1) is 26.3. The molecule has 0 bridgehead atoms. The fourth-order valence-corrected chi connectivity index (χ4v) is 5.49. The first-order valence-electron chi connectivity index (χ1n) is 13.7. The van der Waals surface area contributed by atoms with Crippen LogP contribution >= 0.6 is 0 Å². The molecular formula is C33H33BN2O4. The molecule has 7 heteroatoms. The number of amides is 1. The van der Waals surface area contributed by atoms with E-state index in [0.717, 1.165) is 21.8 Å². The Morgan fingerprint density at radius 1 is 0.925 bits per heavy atom. The fraction of sp³-hybridized carbons (Fsp3) is 0.273. The SMILES string of the molecule is CC1(C)OB(C(=Cc2cccc3cnccc23)CNC(=O)OCC2c3ccccc3-c3ccccc32)OC1(C)C. The highest BCUT2D eigenvalue weighted by molar-refractivity contribution is 6.56. The van der Waals surface area contributed by atoms with Crippen LogP contribution in [0.4, 0.5) is 4.79 Å². The van der Waals surface area contributed by atoms with Crippen molar-refractivity contribution in [3.05, 3.63) is 107 Å². The van der Waals surface area contributed by atoms with Gasteiger partial charge in [-0.2, -0.15) is 0 Å². The van der Waals surface area contributed by atoms with Gasteiger partial charge in [0.15, 0.2) is 0 Å². The summed E-state index contributed by atoms with van der Waals surface area (Å²) >= 11 is 0. The van der Waals surface area contributed by atoms with E-state index < -0.39 is 24.4 Å². The van der Waals surface area contributed by atoms with Crippen LogP contribution in [0.5, 0.6) is 0 Å². The standard InChI is InChI=1S/C33H33BN2O4/c1-32(2)33(3,4)40-34(39-32)24(18-22-10-9-11-23-19-35-17-16-25(22)23)20-36-31(37)38-21-30-28-14-7-5-12-26(28)27-13-6-8-15-29(27)30/h5-19,30H,20-21H2,1-4H3,(H,36,37). The normalized spacial score (nSPS) is 17.5. The molecule has 6 nitrogen and oxygen atoms in total. The van der Waals surface area contributed by atoms with Crippen LogP contribution in [-0.4, -0.2) is 42.5 Å². The second-order valence-corrected chi connectivity index (χ2v) is 11.4. The largest absolute Gasteiger partial charge is 0.492 e. The molecule has 0 radical (unpaired) electrons. The minimum Gasteiger partial charge on any atom is -0.449 e. The van der Waals surface area contributed by atoms with Gasteiger partial charge < -0.3 is 19.4 Å². The number of alkyl carbamates (subject to hydrolysis) is 1. The zero-order valence-corrected chi connectivity index (χ0v) is 23.3. The molecule has 0 unspecified atom stereocenters. The van der Waals surface area contributed by atoms with Gasteiger partial charge in [0, 0.05) is 30.2 Å². The van der Waals surface area contributed by atoms with Gasteiger partial charge in [0.2, 0.25) is 0 Å². The number of nitrogens with one attached hydrogen (secondary N) is 1. The summed E-state index contributed by atoms with van der Waals surface area (Å²) in [6.45, 7) is 8.56. The van der Waals surface area contributed by atoms with Crippen LogP contribution in [0.15, 0.2) is 90.7 Å². The predicted octanol–water partition coefficient (Wildman–Crippen LogP) is 6.79. The highest BCUT2D eigenvalue weighted by Crippen LogP contribution is 2.44. The molecule has 1 N–H and O–H groups in total. The van der Waals surface area contributed by atoms with Crippen molar-refractivity contribution < 1.29 is 18.8 Å². The smallest absolute Gasteiger partial charge is 0.449 e. The summed E-state index contributed by atoms with van der Waals surface area (Å²) in [5.41, 5.74) is 5.54. The Kier molecular flexibility index (Phi) is 6.73. The van der Waals surface area contributed by atoms with Crippen molar-refractivity contribution in [1.82, 2.24) is 10.3 Å². The van der Waals surface area contributed by atoms with Crippen molar-refractivity contribution in [1.29, 1.82) is 0 Å². The molecule has 0 saturated carbocycles. The third-order valence-electron chi connectivity index (χ3n) is 8.39. The Morgan fingerprint density at radius 2 is 1.57 bits per heavy atom. The molecule has 1 aliphatic heterocycles. The number of carbonyl (C=O) groups excluding carboxylic acids is 1. The number of benzene rings is 3. The summed E-state index contributed by atoms with van der Waals surface area (Å²) in [5, 5.41) is 5.05. The molecule has 1 saturated heterocycles. The van der Waals surface area contributed by atoms with E-state index in [1.165, 1.54) is 22.3 Å². The molecule has 40 heavy (non-hydrogen) atoms. The summed E-state index contributed by atoms with van der Waals surface area (Å²) in [6.07, 6.45) is 5.18. The van der Waals surface area contributed by atoms with E-state index in [4.69, 9.17) is 14.0 Å². The van der Waals surface area contributed by atoms with Crippen LogP contribution in [-0.2, 0) is 14.0 Å². The summed E-state index contributed by atoms with van der Waals surface area (Å²) in [5.74, 6) is 0.000511. The number of fused-ring (bicyclic) bond motifs is 4. The zero-order chi connectivity index (χ0) is 27.9. The lowest BCUT2D eigenvalue weighted by molar-refractivity contribution is 0.00578. The highest BCUT2D eigenvalue weighted by atomic mass is 16.7. The monoisotopic (exact) mass is 532 g/mol. The van der Waals surface area contributed by atoms with Gasteiger partial charge in [-0.05, 0) is 72.4 Å². The van der Waals surface area contributed by atoms with E-state index in [1.54, 1.807) is 6.20 Å². The van der Waals surface area contributed by atoms with Crippen molar-refractivity contribution in [2.75, 3.05) is 13.2 Å². The van der Waals surface area contributed by atoms with Crippen molar-refractivity contribution >= 4 is 30.1 Å². The summed E-state index contributed by atoms with van der Waals surface area (Å²) in [4.78, 5) is 17.3. The molecule has 202 valence electrons. The number of nitrogens with zero attached hydrogens (tertiary/aromatic N) is 1. The molecule has 1 amide bonds. The van der Waals surface area contributed by atoms with Gasteiger partial charge in [0.05, 0.1) is 11.2 Å². The molecule has 0 atom stereocenters. The molecule has 0 spiro atoms. The average Bonchev–Trinajstić information content (AvgIpc) is 3.38. The van der Waals surface area contributed by atoms with E-state index in [-0.39, 0.29) is 19.1 Å². The maximum atomic E-state index is 13.0. The van der Waals surface area contributed by atoms with Crippen LogP contribution in [0.3, 0.4) is 0 Å². The lowest BCUT2D eigenvalue weighted by atomic mass is 9.76. The van der Waals surface area contributed by atoms with Crippen LogP contribution in [0.1, 0.15) is 50.3 Å². The van der Waals surface area contributed by atoms with Gasteiger partial charge in [0.1, 0.15) is 6.61 Å². The van der Waals surface area contributed by atoms with Gasteiger partial charge in [-0.25, -0.2) is 4.79 Å². The minimum absolute atomic E-state index is 0.000511. The fourth-order valence-electron chi connectivity index (χ4n) is 5.49.